The number of nitrogens with one attached hydrogen (secondary N) is 1. The Balaban J connectivity index is 2.86. The highest BCUT2D eigenvalue weighted by Gasteiger charge is 2.14. The summed E-state index contributed by atoms with van der Waals surface area (Å²) in [7, 11) is 1.89. The Labute approximate surface area is 98.4 Å². The van der Waals surface area contributed by atoms with Crippen LogP contribution in [0.4, 0.5) is 0 Å². The molecule has 0 aliphatic heterocycles. The van der Waals surface area contributed by atoms with Crippen molar-refractivity contribution in [1.82, 2.24) is 5.32 Å². The molecular formula is C10H11Cl2NS. The summed E-state index contributed by atoms with van der Waals surface area (Å²) in [5.41, 5.74) is 1.03. The Morgan fingerprint density at radius 3 is 2.71 bits per heavy atom. The zero-order valence-electron chi connectivity index (χ0n) is 8.03. The molecule has 0 amide bonds. The summed E-state index contributed by atoms with van der Waals surface area (Å²) in [5.74, 6) is 5.89. The molecule has 0 saturated heterocycles. The van der Waals surface area contributed by atoms with E-state index in [1.165, 1.54) is 11.3 Å². The molecule has 76 valence electrons. The number of thiophene rings is 1. The van der Waals surface area contributed by atoms with E-state index in [0.717, 1.165) is 20.7 Å². The molecule has 0 bridgehead atoms. The molecule has 1 atom stereocenters. The largest absolute Gasteiger partial charge is 0.312 e. The lowest BCUT2D eigenvalue weighted by atomic mass is 10.1. The first-order valence-electron chi connectivity index (χ1n) is 4.20. The van der Waals surface area contributed by atoms with E-state index in [4.69, 9.17) is 23.2 Å². The normalized spacial score (nSPS) is 12.0. The van der Waals surface area contributed by atoms with Crippen LogP contribution in [0.25, 0.3) is 0 Å². The van der Waals surface area contributed by atoms with Crippen molar-refractivity contribution >= 4 is 34.5 Å². The third kappa shape index (κ3) is 2.90. The molecule has 1 heterocycles. The first-order chi connectivity index (χ1) is 6.69. The van der Waals surface area contributed by atoms with Crippen LogP contribution in [0.15, 0.2) is 6.07 Å². The van der Waals surface area contributed by atoms with Crippen molar-refractivity contribution in [3.8, 4) is 11.8 Å². The topological polar surface area (TPSA) is 12.0 Å². The summed E-state index contributed by atoms with van der Waals surface area (Å²) in [4.78, 5) is 0. The Morgan fingerprint density at radius 2 is 2.29 bits per heavy atom. The van der Waals surface area contributed by atoms with Gasteiger partial charge in [-0.3, -0.25) is 0 Å². The summed E-state index contributed by atoms with van der Waals surface area (Å²) in [6, 6.07) is 2.06. The minimum atomic E-state index is 0.165. The molecule has 0 fully saturated rings. The Morgan fingerprint density at radius 1 is 1.57 bits per heavy atom. The van der Waals surface area contributed by atoms with Crippen molar-refractivity contribution < 1.29 is 0 Å². The zero-order chi connectivity index (χ0) is 10.6. The van der Waals surface area contributed by atoms with Crippen molar-refractivity contribution in [1.29, 1.82) is 0 Å². The third-order valence-electron chi connectivity index (χ3n) is 1.89. The molecule has 1 aromatic heterocycles. The smallest absolute Gasteiger partial charge is 0.0992 e. The van der Waals surface area contributed by atoms with Gasteiger partial charge in [0.15, 0.2) is 0 Å². The van der Waals surface area contributed by atoms with Crippen LogP contribution in [0, 0.1) is 11.8 Å². The fourth-order valence-corrected chi connectivity index (χ4v) is 2.74. The van der Waals surface area contributed by atoms with Crippen molar-refractivity contribution in [3.05, 3.63) is 20.3 Å². The van der Waals surface area contributed by atoms with E-state index in [1.807, 2.05) is 20.0 Å². The number of rotatable bonds is 3. The van der Waals surface area contributed by atoms with Crippen LogP contribution in [0.3, 0.4) is 0 Å². The summed E-state index contributed by atoms with van der Waals surface area (Å²) in [6.07, 6.45) is 0.750. The number of hydrogen-bond donors (Lipinski definition) is 1. The highest BCUT2D eigenvalue weighted by Crippen LogP contribution is 2.35. The minimum absolute atomic E-state index is 0.165. The monoisotopic (exact) mass is 247 g/mol. The predicted octanol–water partition coefficient (Wildman–Crippen LogP) is 3.73. The molecule has 1 unspecified atom stereocenters. The minimum Gasteiger partial charge on any atom is -0.312 e. The van der Waals surface area contributed by atoms with E-state index in [2.05, 4.69) is 17.2 Å². The van der Waals surface area contributed by atoms with Gasteiger partial charge in [-0.25, -0.2) is 0 Å². The van der Waals surface area contributed by atoms with Gasteiger partial charge >= 0.3 is 0 Å². The van der Waals surface area contributed by atoms with Crippen LogP contribution in [-0.4, -0.2) is 7.05 Å². The van der Waals surface area contributed by atoms with Crippen molar-refractivity contribution in [3.63, 3.8) is 0 Å². The van der Waals surface area contributed by atoms with Crippen molar-refractivity contribution in [2.45, 2.75) is 19.4 Å². The van der Waals surface area contributed by atoms with Gasteiger partial charge in [-0.15, -0.1) is 23.2 Å². The van der Waals surface area contributed by atoms with Crippen LogP contribution in [-0.2, 0) is 0 Å². The average Bonchev–Trinajstić information content (AvgIpc) is 2.47. The molecule has 1 aromatic rings. The number of halogens is 2. The van der Waals surface area contributed by atoms with Gasteiger partial charge in [-0.2, -0.15) is 0 Å². The van der Waals surface area contributed by atoms with E-state index in [0.29, 0.717) is 0 Å². The second-order valence-electron chi connectivity index (χ2n) is 2.75. The molecule has 0 aliphatic carbocycles. The molecule has 1 rings (SSSR count). The van der Waals surface area contributed by atoms with Crippen LogP contribution < -0.4 is 5.32 Å². The van der Waals surface area contributed by atoms with Gasteiger partial charge in [0, 0.05) is 18.0 Å². The van der Waals surface area contributed by atoms with E-state index in [9.17, 15) is 0 Å². The summed E-state index contributed by atoms with van der Waals surface area (Å²) in [5, 5.41) is 3.17. The first-order valence-corrected chi connectivity index (χ1v) is 5.78. The maximum atomic E-state index is 6.04. The molecule has 0 spiro atoms. The molecule has 4 heteroatoms. The maximum Gasteiger partial charge on any atom is 0.0992 e. The van der Waals surface area contributed by atoms with Gasteiger partial charge in [0.25, 0.3) is 0 Å². The summed E-state index contributed by atoms with van der Waals surface area (Å²) < 4.78 is 1.46. The predicted molar refractivity (Wildman–Crippen MR) is 64.2 cm³/mol. The molecule has 0 aliphatic rings. The van der Waals surface area contributed by atoms with Crippen LogP contribution in [0.2, 0.25) is 8.67 Å². The Bertz CT molecular complexity index is 362. The van der Waals surface area contributed by atoms with Crippen molar-refractivity contribution in [2.24, 2.45) is 0 Å². The van der Waals surface area contributed by atoms with E-state index >= 15 is 0 Å². The highest BCUT2D eigenvalue weighted by atomic mass is 35.5. The lowest BCUT2D eigenvalue weighted by Crippen LogP contribution is -2.15. The van der Waals surface area contributed by atoms with Crippen molar-refractivity contribution in [2.75, 3.05) is 7.05 Å². The van der Waals surface area contributed by atoms with Gasteiger partial charge in [-0.1, -0.05) is 23.2 Å². The summed E-state index contributed by atoms with van der Waals surface area (Å²) in [6.45, 7) is 1.83. The zero-order valence-corrected chi connectivity index (χ0v) is 10.4. The highest BCUT2D eigenvalue weighted by molar-refractivity contribution is 7.20. The second-order valence-corrected chi connectivity index (χ2v) is 5.04. The molecule has 1 nitrogen and oxygen atoms in total. The quantitative estimate of drug-likeness (QED) is 0.803. The molecule has 0 aromatic carbocycles. The van der Waals surface area contributed by atoms with E-state index in [1.54, 1.807) is 0 Å². The summed E-state index contributed by atoms with van der Waals surface area (Å²) >= 11 is 13.3. The second kappa shape index (κ2) is 5.63. The fourth-order valence-electron chi connectivity index (χ4n) is 1.16. The Kier molecular flexibility index (Phi) is 4.77. The maximum absolute atomic E-state index is 6.04. The van der Waals surface area contributed by atoms with Gasteiger partial charge in [0.2, 0.25) is 0 Å². The molecule has 0 radical (unpaired) electrons. The lowest BCUT2D eigenvalue weighted by molar-refractivity contribution is 0.613. The van der Waals surface area contributed by atoms with Crippen LogP contribution in [0.5, 0.6) is 0 Å². The van der Waals surface area contributed by atoms with Gasteiger partial charge in [-0.05, 0) is 20.0 Å². The molecule has 14 heavy (non-hydrogen) atoms. The van der Waals surface area contributed by atoms with E-state index < -0.39 is 0 Å². The lowest BCUT2D eigenvalue weighted by Gasteiger charge is -2.11. The standard InChI is InChI=1S/C10H11Cl2NS/c1-3-4-5-8(13-2)7-6-9(11)14-10(7)12/h6,8,13H,5H2,1-2H3. The number of hydrogen-bond acceptors (Lipinski definition) is 2. The van der Waals surface area contributed by atoms with Crippen LogP contribution in [0.1, 0.15) is 24.9 Å². The van der Waals surface area contributed by atoms with Gasteiger partial charge < -0.3 is 5.32 Å². The van der Waals surface area contributed by atoms with Crippen LogP contribution >= 0.6 is 34.5 Å². The first kappa shape index (κ1) is 11.9. The SMILES string of the molecule is CC#CCC(NC)c1cc(Cl)sc1Cl. The molecule has 1 N–H and O–H groups in total. The average molecular weight is 248 g/mol. The van der Waals surface area contributed by atoms with Gasteiger partial charge in [0.1, 0.15) is 0 Å². The third-order valence-corrected chi connectivity index (χ3v) is 3.41. The Hall–Kier alpha value is -0.200. The van der Waals surface area contributed by atoms with Gasteiger partial charge in [0.05, 0.1) is 8.67 Å². The fraction of sp³-hybridized carbons (Fsp3) is 0.400. The molecular weight excluding hydrogens is 237 g/mol. The van der Waals surface area contributed by atoms with E-state index in [-0.39, 0.29) is 6.04 Å². The molecule has 0 saturated carbocycles.